The maximum atomic E-state index is 13.8. The molecule has 44 heavy (non-hydrogen) atoms. The number of anilines is 1. The van der Waals surface area contributed by atoms with Crippen molar-refractivity contribution >= 4 is 17.5 Å². The van der Waals surface area contributed by atoms with Crippen molar-refractivity contribution < 1.29 is 19.4 Å². The molecule has 230 valence electrons. The molecule has 0 saturated carbocycles. The van der Waals surface area contributed by atoms with Gasteiger partial charge in [0.2, 0.25) is 0 Å². The number of hydrogen-bond donors (Lipinski definition) is 2. The third-order valence-corrected chi connectivity index (χ3v) is 8.18. The number of hydrogen-bond acceptors (Lipinski definition) is 6. The molecule has 0 radical (unpaired) electrons. The molecular weight excluding hydrogens is 554 g/mol. The fourth-order valence-electron chi connectivity index (χ4n) is 5.69. The predicted molar refractivity (Wildman–Crippen MR) is 172 cm³/mol. The number of carbonyl (C=O) groups excluding carboxylic acids is 2. The Hall–Kier alpha value is -4.47. The van der Waals surface area contributed by atoms with Gasteiger partial charge in [0.05, 0.1) is 29.6 Å². The van der Waals surface area contributed by atoms with E-state index in [1.165, 1.54) is 21.4 Å². The van der Waals surface area contributed by atoms with E-state index in [1.807, 2.05) is 32.0 Å². The molecule has 0 fully saturated rings. The van der Waals surface area contributed by atoms with Gasteiger partial charge in [-0.05, 0) is 55.8 Å². The Labute approximate surface area is 259 Å². The maximum Gasteiger partial charge on any atom is 0.274 e. The smallest absolute Gasteiger partial charge is 0.274 e. The van der Waals surface area contributed by atoms with Crippen LogP contribution >= 0.6 is 0 Å². The Bertz CT molecular complexity index is 1600. The first-order chi connectivity index (χ1) is 21.1. The van der Waals surface area contributed by atoms with Gasteiger partial charge in [0.25, 0.3) is 11.8 Å². The molecule has 2 N–H and O–H groups in total. The minimum absolute atomic E-state index is 0.0625. The second kappa shape index (κ2) is 13.4. The van der Waals surface area contributed by atoms with E-state index in [1.54, 1.807) is 36.2 Å². The van der Waals surface area contributed by atoms with E-state index in [0.717, 1.165) is 5.69 Å². The highest BCUT2D eigenvalue weighted by Crippen LogP contribution is 2.35. The first-order valence-corrected chi connectivity index (χ1v) is 15.0. The summed E-state index contributed by atoms with van der Waals surface area (Å²) in [6.07, 6.45) is -0.305. The molecular formula is C35H41N5O4. The number of fused-ring (bicyclic) bond motifs is 1. The number of aromatic nitrogens is 2. The van der Waals surface area contributed by atoms with Gasteiger partial charge in [-0.1, -0.05) is 67.6 Å². The molecule has 1 aliphatic heterocycles. The van der Waals surface area contributed by atoms with Crippen molar-refractivity contribution in [3.8, 4) is 16.9 Å². The van der Waals surface area contributed by atoms with E-state index >= 15 is 0 Å². The molecule has 2 heterocycles. The molecule has 4 aromatic rings. The van der Waals surface area contributed by atoms with Gasteiger partial charge in [-0.2, -0.15) is 5.10 Å². The second-order valence-electron chi connectivity index (χ2n) is 11.8. The Kier molecular flexibility index (Phi) is 9.46. The first kappa shape index (κ1) is 31.0. The third kappa shape index (κ3) is 6.85. The molecule has 0 aliphatic carbocycles. The summed E-state index contributed by atoms with van der Waals surface area (Å²) < 4.78 is 8.21. The molecule has 0 spiro atoms. The highest BCUT2D eigenvalue weighted by Gasteiger charge is 2.34. The molecule has 9 nitrogen and oxygen atoms in total. The Morgan fingerprint density at radius 2 is 1.80 bits per heavy atom. The Morgan fingerprint density at radius 3 is 2.45 bits per heavy atom. The van der Waals surface area contributed by atoms with Crippen molar-refractivity contribution in [1.82, 2.24) is 19.6 Å². The van der Waals surface area contributed by atoms with Crippen LogP contribution in [-0.2, 0) is 13.6 Å². The average molecular weight is 596 g/mol. The summed E-state index contributed by atoms with van der Waals surface area (Å²) in [5, 5.41) is 17.2. The number of ether oxygens (including phenoxy) is 1. The van der Waals surface area contributed by atoms with Crippen molar-refractivity contribution in [2.45, 2.75) is 39.5 Å². The zero-order valence-electron chi connectivity index (χ0n) is 26.0. The normalized spacial score (nSPS) is 17.4. The summed E-state index contributed by atoms with van der Waals surface area (Å²) >= 11 is 0. The first-order valence-electron chi connectivity index (χ1n) is 15.0. The van der Waals surface area contributed by atoms with Crippen LogP contribution in [0.4, 0.5) is 5.69 Å². The summed E-state index contributed by atoms with van der Waals surface area (Å²) in [5.74, 6) is -0.323. The lowest BCUT2D eigenvalue weighted by Gasteiger charge is -2.38. The average Bonchev–Trinajstić information content (AvgIpc) is 3.37. The summed E-state index contributed by atoms with van der Waals surface area (Å²) in [6.45, 7) is 7.28. The number of amides is 2. The number of nitrogens with one attached hydrogen (secondary N) is 1. The van der Waals surface area contributed by atoms with Crippen molar-refractivity contribution in [3.05, 3.63) is 101 Å². The van der Waals surface area contributed by atoms with Gasteiger partial charge in [0.15, 0.2) is 5.75 Å². The van der Waals surface area contributed by atoms with E-state index in [2.05, 4.69) is 65.7 Å². The molecule has 0 unspecified atom stereocenters. The van der Waals surface area contributed by atoms with Crippen LogP contribution in [0.2, 0.25) is 0 Å². The highest BCUT2D eigenvalue weighted by molar-refractivity contribution is 6.06. The summed E-state index contributed by atoms with van der Waals surface area (Å²) in [7, 11) is 3.77. The lowest BCUT2D eigenvalue weighted by atomic mass is 9.98. The largest absolute Gasteiger partial charge is 0.486 e. The van der Waals surface area contributed by atoms with Crippen molar-refractivity contribution in [2.24, 2.45) is 13.0 Å². The summed E-state index contributed by atoms with van der Waals surface area (Å²) in [4.78, 5) is 31.0. The molecule has 1 aromatic heterocycles. The van der Waals surface area contributed by atoms with Crippen LogP contribution in [0.3, 0.4) is 0 Å². The molecule has 3 aromatic carbocycles. The number of aliphatic hydroxyl groups is 1. The number of carbonyl (C=O) groups is 2. The SMILES string of the molecule is Cc1cc(C(=O)Nc2cccc3c2O[C@H](CN(C)Cc2ccc(-c4ccccc4)cc2)[C@@H](C)CN([C@@H](C)CO)C3=O)n(C)n1. The van der Waals surface area contributed by atoms with Crippen molar-refractivity contribution in [3.63, 3.8) is 0 Å². The monoisotopic (exact) mass is 595 g/mol. The van der Waals surface area contributed by atoms with Crippen LogP contribution in [-0.4, -0.2) is 75.4 Å². The number of para-hydroxylation sites is 1. The fraction of sp³-hybridized carbons (Fsp3) is 0.343. The van der Waals surface area contributed by atoms with E-state index < -0.39 is 0 Å². The van der Waals surface area contributed by atoms with Crippen LogP contribution in [0.1, 0.15) is 46.0 Å². The number of benzene rings is 3. The number of nitrogens with zero attached hydrogens (tertiary/aromatic N) is 4. The minimum Gasteiger partial charge on any atom is -0.486 e. The van der Waals surface area contributed by atoms with E-state index in [0.29, 0.717) is 42.3 Å². The summed E-state index contributed by atoms with van der Waals surface area (Å²) in [5.41, 5.74) is 5.42. The number of aryl methyl sites for hydroxylation is 2. The number of aliphatic hydroxyl groups excluding tert-OH is 1. The van der Waals surface area contributed by atoms with Crippen LogP contribution < -0.4 is 10.1 Å². The molecule has 9 heteroatoms. The Balaban J connectivity index is 1.40. The minimum atomic E-state index is -0.381. The zero-order chi connectivity index (χ0) is 31.4. The number of likely N-dealkylation sites (N-methyl/N-ethyl adjacent to an activating group) is 1. The van der Waals surface area contributed by atoms with Crippen LogP contribution in [0.5, 0.6) is 5.75 Å². The maximum absolute atomic E-state index is 13.8. The van der Waals surface area contributed by atoms with E-state index in [-0.39, 0.29) is 36.5 Å². The van der Waals surface area contributed by atoms with E-state index in [9.17, 15) is 14.7 Å². The van der Waals surface area contributed by atoms with E-state index in [4.69, 9.17) is 4.74 Å². The standard InChI is InChI=1S/C35H41N5O4/c1-23-19-40(25(3)22-41)35(43)29-12-9-13-30(36-34(42)31-18-24(2)37-39(31)5)33(29)44-32(23)21-38(4)20-26-14-16-28(17-15-26)27-10-7-6-8-11-27/h6-18,23,25,32,41H,19-22H2,1-5H3,(H,36,42)/t23-,25-,32+/m0/s1. The molecule has 1 aliphatic rings. The van der Waals surface area contributed by atoms with Gasteiger partial charge in [-0.3, -0.25) is 19.2 Å². The fourth-order valence-corrected chi connectivity index (χ4v) is 5.69. The second-order valence-corrected chi connectivity index (χ2v) is 11.8. The van der Waals surface area contributed by atoms with Crippen molar-refractivity contribution in [1.29, 1.82) is 0 Å². The van der Waals surface area contributed by atoms with Gasteiger partial charge in [0, 0.05) is 32.6 Å². The summed E-state index contributed by atoms with van der Waals surface area (Å²) in [6, 6.07) is 25.4. The molecule has 3 atom stereocenters. The van der Waals surface area contributed by atoms with Crippen LogP contribution in [0.15, 0.2) is 78.9 Å². The van der Waals surface area contributed by atoms with Crippen LogP contribution in [0, 0.1) is 12.8 Å². The number of rotatable bonds is 9. The molecule has 0 bridgehead atoms. The molecule has 5 rings (SSSR count). The highest BCUT2D eigenvalue weighted by atomic mass is 16.5. The lowest BCUT2D eigenvalue weighted by Crippen LogP contribution is -2.49. The van der Waals surface area contributed by atoms with Gasteiger partial charge < -0.3 is 20.1 Å². The van der Waals surface area contributed by atoms with Gasteiger partial charge >= 0.3 is 0 Å². The van der Waals surface area contributed by atoms with Gasteiger partial charge in [0.1, 0.15) is 11.8 Å². The molecule has 0 saturated heterocycles. The van der Waals surface area contributed by atoms with Crippen molar-refractivity contribution in [2.75, 3.05) is 32.1 Å². The topological polar surface area (TPSA) is 99.9 Å². The lowest BCUT2D eigenvalue weighted by molar-refractivity contribution is 0.0343. The zero-order valence-corrected chi connectivity index (χ0v) is 26.0. The predicted octanol–water partition coefficient (Wildman–Crippen LogP) is 5.00. The Morgan fingerprint density at radius 1 is 1.09 bits per heavy atom. The third-order valence-electron chi connectivity index (χ3n) is 8.18. The quantitative estimate of drug-likeness (QED) is 0.283. The van der Waals surface area contributed by atoms with Gasteiger partial charge in [-0.25, -0.2) is 0 Å². The molecule has 2 amide bonds. The van der Waals surface area contributed by atoms with Crippen LogP contribution in [0.25, 0.3) is 11.1 Å². The van der Waals surface area contributed by atoms with Gasteiger partial charge in [-0.15, -0.1) is 0 Å².